The molecule has 112 valence electrons. The highest BCUT2D eigenvalue weighted by molar-refractivity contribution is 6.36. The van der Waals surface area contributed by atoms with Crippen LogP contribution >= 0.6 is 23.2 Å². The molecule has 1 atom stereocenters. The number of rotatable bonds is 5. The molecular weight excluding hydrogens is 312 g/mol. The number of benzene rings is 2. The minimum absolute atomic E-state index is 0.218. The van der Waals surface area contributed by atoms with Gasteiger partial charge in [-0.3, -0.25) is 0 Å². The van der Waals surface area contributed by atoms with E-state index in [1.807, 2.05) is 0 Å². The lowest BCUT2D eigenvalue weighted by Gasteiger charge is -2.15. The van der Waals surface area contributed by atoms with Gasteiger partial charge in [-0.1, -0.05) is 41.4 Å². The Morgan fingerprint density at radius 2 is 1.71 bits per heavy atom. The van der Waals surface area contributed by atoms with Crippen LogP contribution in [-0.4, -0.2) is 13.2 Å². The van der Waals surface area contributed by atoms with Gasteiger partial charge in [0.1, 0.15) is 0 Å². The van der Waals surface area contributed by atoms with Crippen molar-refractivity contribution in [2.75, 3.05) is 7.11 Å². The van der Waals surface area contributed by atoms with E-state index in [0.29, 0.717) is 28.5 Å². The summed E-state index contributed by atoms with van der Waals surface area (Å²) in [6.07, 6.45) is 0.861. The first-order valence-electron chi connectivity index (χ1n) is 6.52. The molecule has 2 aromatic carbocycles. The van der Waals surface area contributed by atoms with Gasteiger partial charge in [-0.2, -0.15) is 0 Å². The highest BCUT2D eigenvalue weighted by atomic mass is 35.5. The van der Waals surface area contributed by atoms with Crippen LogP contribution in [0.4, 0.5) is 4.39 Å². The number of methoxy groups -OCH3 is 1. The second-order valence-corrected chi connectivity index (χ2v) is 5.62. The molecule has 0 fully saturated rings. The van der Waals surface area contributed by atoms with E-state index in [-0.39, 0.29) is 17.6 Å². The van der Waals surface area contributed by atoms with Crippen molar-refractivity contribution in [3.05, 3.63) is 63.4 Å². The van der Waals surface area contributed by atoms with Crippen LogP contribution in [0.15, 0.2) is 36.4 Å². The Bertz CT molecular complexity index is 613. The zero-order chi connectivity index (χ0) is 15.4. The Morgan fingerprint density at radius 3 is 2.33 bits per heavy atom. The molecule has 0 heterocycles. The van der Waals surface area contributed by atoms with Crippen molar-refractivity contribution in [2.45, 2.75) is 18.9 Å². The fraction of sp³-hybridized carbons (Fsp3) is 0.250. The smallest absolute Gasteiger partial charge is 0.168 e. The summed E-state index contributed by atoms with van der Waals surface area (Å²) in [5.74, 6) is -0.156. The fourth-order valence-electron chi connectivity index (χ4n) is 2.22. The van der Waals surface area contributed by atoms with E-state index in [9.17, 15) is 4.39 Å². The fourth-order valence-corrected chi connectivity index (χ4v) is 2.77. The zero-order valence-corrected chi connectivity index (χ0v) is 13.1. The maximum Gasteiger partial charge on any atom is 0.168 e. The third-order valence-electron chi connectivity index (χ3n) is 3.27. The molecule has 0 aliphatic rings. The standard InChI is InChI=1S/C16H16Cl2FNO/c1-21-15-7-2-4-10(16(15)19)8-11(20)9-12-13(17)5-3-6-14(12)18/h2-7,11H,8-9,20H2,1H3. The molecule has 0 saturated carbocycles. The number of nitrogens with two attached hydrogens (primary N) is 1. The van der Waals surface area contributed by atoms with Gasteiger partial charge in [0.15, 0.2) is 11.6 Å². The molecule has 0 bridgehead atoms. The van der Waals surface area contributed by atoms with Gasteiger partial charge in [0.25, 0.3) is 0 Å². The van der Waals surface area contributed by atoms with Crippen molar-refractivity contribution in [1.82, 2.24) is 0 Å². The number of hydrogen-bond acceptors (Lipinski definition) is 2. The lowest BCUT2D eigenvalue weighted by molar-refractivity contribution is 0.383. The summed E-state index contributed by atoms with van der Waals surface area (Å²) in [7, 11) is 1.44. The van der Waals surface area contributed by atoms with Gasteiger partial charge in [-0.25, -0.2) is 4.39 Å². The van der Waals surface area contributed by atoms with Crippen LogP contribution in [0, 0.1) is 5.82 Å². The normalized spacial score (nSPS) is 12.2. The van der Waals surface area contributed by atoms with Crippen LogP contribution in [0.1, 0.15) is 11.1 Å². The lowest BCUT2D eigenvalue weighted by Crippen LogP contribution is -2.26. The topological polar surface area (TPSA) is 35.2 Å². The van der Waals surface area contributed by atoms with Crippen molar-refractivity contribution in [1.29, 1.82) is 0 Å². The Kier molecular flexibility index (Phi) is 5.45. The van der Waals surface area contributed by atoms with Crippen LogP contribution in [0.25, 0.3) is 0 Å². The molecule has 1 unspecified atom stereocenters. The molecule has 0 aromatic heterocycles. The first-order valence-corrected chi connectivity index (χ1v) is 7.28. The molecule has 21 heavy (non-hydrogen) atoms. The molecule has 0 saturated heterocycles. The molecule has 0 spiro atoms. The van der Waals surface area contributed by atoms with Gasteiger partial charge in [-0.05, 0) is 42.2 Å². The van der Waals surface area contributed by atoms with Gasteiger partial charge in [0.2, 0.25) is 0 Å². The average molecular weight is 328 g/mol. The highest BCUT2D eigenvalue weighted by Crippen LogP contribution is 2.26. The molecule has 5 heteroatoms. The molecule has 2 rings (SSSR count). The summed E-state index contributed by atoms with van der Waals surface area (Å²) < 4.78 is 19.1. The van der Waals surface area contributed by atoms with Crippen molar-refractivity contribution >= 4 is 23.2 Å². The van der Waals surface area contributed by atoms with Crippen LogP contribution in [0.2, 0.25) is 10.0 Å². The largest absolute Gasteiger partial charge is 0.494 e. The van der Waals surface area contributed by atoms with E-state index in [4.69, 9.17) is 33.7 Å². The Balaban J connectivity index is 2.14. The SMILES string of the molecule is COc1cccc(CC(N)Cc2c(Cl)cccc2Cl)c1F. The van der Waals surface area contributed by atoms with Crippen molar-refractivity contribution in [3.8, 4) is 5.75 Å². The molecule has 2 aromatic rings. The summed E-state index contributed by atoms with van der Waals surface area (Å²) in [5.41, 5.74) is 7.42. The molecule has 2 nitrogen and oxygen atoms in total. The van der Waals surface area contributed by atoms with Gasteiger partial charge in [0, 0.05) is 16.1 Å². The van der Waals surface area contributed by atoms with E-state index < -0.39 is 0 Å². The van der Waals surface area contributed by atoms with Gasteiger partial charge < -0.3 is 10.5 Å². The van der Waals surface area contributed by atoms with E-state index in [0.717, 1.165) is 5.56 Å². The molecule has 0 aliphatic carbocycles. The minimum Gasteiger partial charge on any atom is -0.494 e. The number of halogens is 3. The third-order valence-corrected chi connectivity index (χ3v) is 3.98. The van der Waals surface area contributed by atoms with Crippen LogP contribution in [-0.2, 0) is 12.8 Å². The monoisotopic (exact) mass is 327 g/mol. The van der Waals surface area contributed by atoms with Crippen molar-refractivity contribution in [2.24, 2.45) is 5.73 Å². The third kappa shape index (κ3) is 3.88. The maximum absolute atomic E-state index is 14.1. The molecule has 2 N–H and O–H groups in total. The quantitative estimate of drug-likeness (QED) is 0.890. The molecule has 0 amide bonds. The van der Waals surface area contributed by atoms with Crippen molar-refractivity contribution < 1.29 is 9.13 Å². The van der Waals surface area contributed by atoms with Gasteiger partial charge in [-0.15, -0.1) is 0 Å². The summed E-state index contributed by atoms with van der Waals surface area (Å²) >= 11 is 12.2. The second-order valence-electron chi connectivity index (χ2n) is 4.80. The minimum atomic E-state index is -0.374. The second kappa shape index (κ2) is 7.12. The van der Waals surface area contributed by atoms with E-state index in [2.05, 4.69) is 0 Å². The van der Waals surface area contributed by atoms with E-state index >= 15 is 0 Å². The lowest BCUT2D eigenvalue weighted by atomic mass is 9.99. The molecule has 0 aliphatic heterocycles. The first kappa shape index (κ1) is 16.1. The van der Waals surface area contributed by atoms with Crippen LogP contribution < -0.4 is 10.5 Å². The van der Waals surface area contributed by atoms with Gasteiger partial charge in [0.05, 0.1) is 7.11 Å². The number of hydrogen-bond donors (Lipinski definition) is 1. The molecule has 0 radical (unpaired) electrons. The summed E-state index contributed by atoms with van der Waals surface area (Å²) in [6.45, 7) is 0. The predicted octanol–water partition coefficient (Wildman–Crippen LogP) is 4.25. The molecular formula is C16H16Cl2FNO. The summed E-state index contributed by atoms with van der Waals surface area (Å²) in [4.78, 5) is 0. The summed E-state index contributed by atoms with van der Waals surface area (Å²) in [6, 6.07) is 10.0. The van der Waals surface area contributed by atoms with Gasteiger partial charge >= 0.3 is 0 Å². The summed E-state index contributed by atoms with van der Waals surface area (Å²) in [5, 5.41) is 1.15. The van der Waals surface area contributed by atoms with E-state index in [1.165, 1.54) is 7.11 Å². The Hall–Kier alpha value is -1.29. The van der Waals surface area contributed by atoms with Crippen LogP contribution in [0.3, 0.4) is 0 Å². The Labute approximate surface area is 133 Å². The van der Waals surface area contributed by atoms with E-state index in [1.54, 1.807) is 36.4 Å². The Morgan fingerprint density at radius 1 is 1.10 bits per heavy atom. The predicted molar refractivity (Wildman–Crippen MR) is 84.8 cm³/mol. The zero-order valence-electron chi connectivity index (χ0n) is 11.6. The van der Waals surface area contributed by atoms with Crippen LogP contribution in [0.5, 0.6) is 5.75 Å². The number of ether oxygens (including phenoxy) is 1. The average Bonchev–Trinajstić information content (AvgIpc) is 2.45. The van der Waals surface area contributed by atoms with Crippen molar-refractivity contribution in [3.63, 3.8) is 0 Å². The maximum atomic E-state index is 14.1. The highest BCUT2D eigenvalue weighted by Gasteiger charge is 2.15. The first-order chi connectivity index (χ1) is 10.0.